The fraction of sp³-hybridized carbons (Fsp3) is 0.118. The summed E-state index contributed by atoms with van der Waals surface area (Å²) in [6.45, 7) is 0. The third kappa shape index (κ3) is 3.20. The maximum absolute atomic E-state index is 13.7. The molecule has 0 radical (unpaired) electrons. The molecule has 0 atom stereocenters. The van der Waals surface area contributed by atoms with Crippen LogP contribution in [-0.4, -0.2) is 10.9 Å². The summed E-state index contributed by atoms with van der Waals surface area (Å²) in [6, 6.07) is 12.5. The molecule has 3 rings (SSSR count). The van der Waals surface area contributed by atoms with E-state index in [1.807, 2.05) is 30.5 Å². The van der Waals surface area contributed by atoms with Gasteiger partial charge >= 0.3 is 0 Å². The number of hydrogen-bond donors (Lipinski definition) is 2. The molecule has 0 aliphatic rings. The van der Waals surface area contributed by atoms with Crippen LogP contribution >= 0.6 is 15.9 Å². The third-order valence-electron chi connectivity index (χ3n) is 3.50. The van der Waals surface area contributed by atoms with Crippen LogP contribution in [0.4, 0.5) is 10.1 Å². The number of halogens is 2. The Morgan fingerprint density at radius 1 is 1.23 bits per heavy atom. The molecule has 0 unspecified atom stereocenters. The van der Waals surface area contributed by atoms with Crippen LogP contribution in [0.25, 0.3) is 10.9 Å². The van der Waals surface area contributed by atoms with E-state index >= 15 is 0 Å². The van der Waals surface area contributed by atoms with Gasteiger partial charge in [0.1, 0.15) is 5.82 Å². The number of H-pyrrole nitrogens is 1. The lowest BCUT2D eigenvalue weighted by Gasteiger charge is -2.06. The summed E-state index contributed by atoms with van der Waals surface area (Å²) in [6.07, 6.45) is 2.82. The lowest BCUT2D eigenvalue weighted by atomic mass is 10.1. The van der Waals surface area contributed by atoms with Gasteiger partial charge in [0.25, 0.3) is 0 Å². The van der Waals surface area contributed by atoms with Crippen LogP contribution in [0.5, 0.6) is 0 Å². The highest BCUT2D eigenvalue weighted by atomic mass is 79.9. The molecule has 3 nitrogen and oxygen atoms in total. The number of carbonyl (C=O) groups excluding carboxylic acids is 1. The first-order valence-corrected chi connectivity index (χ1v) is 7.72. The number of anilines is 1. The second-order valence-electron chi connectivity index (χ2n) is 5.03. The SMILES string of the molecule is O=C(CCc1c[nH]c2ccccc12)Nc1ccc(Br)cc1F. The van der Waals surface area contributed by atoms with Crippen molar-refractivity contribution in [3.8, 4) is 0 Å². The van der Waals surface area contributed by atoms with Crippen molar-refractivity contribution in [1.82, 2.24) is 4.98 Å². The normalized spacial score (nSPS) is 10.8. The zero-order chi connectivity index (χ0) is 15.5. The molecule has 112 valence electrons. The highest BCUT2D eigenvalue weighted by Crippen LogP contribution is 2.21. The average molecular weight is 361 g/mol. The van der Waals surface area contributed by atoms with Gasteiger partial charge in [-0.15, -0.1) is 0 Å². The molecule has 0 aliphatic heterocycles. The smallest absolute Gasteiger partial charge is 0.224 e. The Morgan fingerprint density at radius 3 is 2.86 bits per heavy atom. The van der Waals surface area contributed by atoms with E-state index in [9.17, 15) is 9.18 Å². The number of nitrogens with one attached hydrogen (secondary N) is 2. The fourth-order valence-electron chi connectivity index (χ4n) is 2.39. The largest absolute Gasteiger partial charge is 0.361 e. The van der Waals surface area contributed by atoms with Gasteiger partial charge in [0.15, 0.2) is 0 Å². The van der Waals surface area contributed by atoms with E-state index in [4.69, 9.17) is 0 Å². The van der Waals surface area contributed by atoms with Crippen LogP contribution in [0.3, 0.4) is 0 Å². The maximum Gasteiger partial charge on any atom is 0.224 e. The first-order valence-electron chi connectivity index (χ1n) is 6.93. The average Bonchev–Trinajstić information content (AvgIpc) is 2.91. The van der Waals surface area contributed by atoms with E-state index in [0.717, 1.165) is 16.5 Å². The third-order valence-corrected chi connectivity index (χ3v) is 3.99. The Bertz CT molecular complexity index is 828. The van der Waals surface area contributed by atoms with Gasteiger partial charge in [-0.25, -0.2) is 4.39 Å². The summed E-state index contributed by atoms with van der Waals surface area (Å²) in [4.78, 5) is 15.2. The molecule has 0 spiro atoms. The van der Waals surface area contributed by atoms with Crippen molar-refractivity contribution < 1.29 is 9.18 Å². The molecule has 3 aromatic rings. The summed E-state index contributed by atoms with van der Waals surface area (Å²) in [5, 5.41) is 3.72. The molecule has 1 heterocycles. The highest BCUT2D eigenvalue weighted by molar-refractivity contribution is 9.10. The summed E-state index contributed by atoms with van der Waals surface area (Å²) in [5.74, 6) is -0.652. The quantitative estimate of drug-likeness (QED) is 0.699. The number of fused-ring (bicyclic) bond motifs is 1. The Morgan fingerprint density at radius 2 is 2.05 bits per heavy atom. The minimum Gasteiger partial charge on any atom is -0.361 e. The van der Waals surface area contributed by atoms with Gasteiger partial charge in [0.05, 0.1) is 5.69 Å². The van der Waals surface area contributed by atoms with E-state index in [1.165, 1.54) is 6.07 Å². The van der Waals surface area contributed by atoms with Crippen LogP contribution < -0.4 is 5.32 Å². The molecule has 0 bridgehead atoms. The van der Waals surface area contributed by atoms with E-state index in [2.05, 4.69) is 26.2 Å². The molecule has 5 heteroatoms. The van der Waals surface area contributed by atoms with Gasteiger partial charge in [-0.05, 0) is 36.2 Å². The van der Waals surface area contributed by atoms with Crippen LogP contribution in [-0.2, 0) is 11.2 Å². The van der Waals surface area contributed by atoms with Crippen molar-refractivity contribution in [3.63, 3.8) is 0 Å². The molecule has 0 saturated heterocycles. The lowest BCUT2D eigenvalue weighted by Crippen LogP contribution is -2.13. The molecule has 0 aliphatic carbocycles. The van der Waals surface area contributed by atoms with Crippen LogP contribution in [0.15, 0.2) is 53.1 Å². The number of carbonyl (C=O) groups is 1. The fourth-order valence-corrected chi connectivity index (χ4v) is 2.72. The van der Waals surface area contributed by atoms with Gasteiger partial charge in [0.2, 0.25) is 5.91 Å². The highest BCUT2D eigenvalue weighted by Gasteiger charge is 2.09. The second kappa shape index (κ2) is 6.32. The van der Waals surface area contributed by atoms with Gasteiger partial charge in [-0.2, -0.15) is 0 Å². The van der Waals surface area contributed by atoms with Gasteiger partial charge in [-0.1, -0.05) is 34.1 Å². The van der Waals surface area contributed by atoms with Crippen molar-refractivity contribution in [2.45, 2.75) is 12.8 Å². The molecule has 1 aromatic heterocycles. The van der Waals surface area contributed by atoms with Gasteiger partial charge < -0.3 is 10.3 Å². The predicted octanol–water partition coefficient (Wildman–Crippen LogP) is 4.64. The van der Waals surface area contributed by atoms with E-state index in [0.29, 0.717) is 17.3 Å². The number of aromatic amines is 1. The number of hydrogen-bond acceptors (Lipinski definition) is 1. The Hall–Kier alpha value is -2.14. The molecule has 22 heavy (non-hydrogen) atoms. The summed E-state index contributed by atoms with van der Waals surface area (Å²) >= 11 is 3.19. The van der Waals surface area contributed by atoms with Gasteiger partial charge in [-0.3, -0.25) is 4.79 Å². The Balaban J connectivity index is 1.65. The van der Waals surface area contributed by atoms with Crippen LogP contribution in [0.2, 0.25) is 0 Å². The maximum atomic E-state index is 13.7. The number of aromatic nitrogens is 1. The number of para-hydroxylation sites is 1. The van der Waals surface area contributed by atoms with Crippen molar-refractivity contribution in [1.29, 1.82) is 0 Å². The topological polar surface area (TPSA) is 44.9 Å². The van der Waals surface area contributed by atoms with E-state index in [1.54, 1.807) is 12.1 Å². The Labute approximate surface area is 135 Å². The number of benzene rings is 2. The zero-order valence-corrected chi connectivity index (χ0v) is 13.3. The predicted molar refractivity (Wildman–Crippen MR) is 89.3 cm³/mol. The minimum absolute atomic E-state index is 0.201. The number of amides is 1. The van der Waals surface area contributed by atoms with Crippen molar-refractivity contribution in [3.05, 3.63) is 64.5 Å². The summed E-state index contributed by atoms with van der Waals surface area (Å²) < 4.78 is 14.3. The molecular weight excluding hydrogens is 347 g/mol. The zero-order valence-electron chi connectivity index (χ0n) is 11.7. The van der Waals surface area contributed by atoms with Crippen LogP contribution in [0.1, 0.15) is 12.0 Å². The van der Waals surface area contributed by atoms with E-state index < -0.39 is 5.82 Å². The lowest BCUT2D eigenvalue weighted by molar-refractivity contribution is -0.116. The van der Waals surface area contributed by atoms with E-state index in [-0.39, 0.29) is 11.6 Å². The molecule has 0 saturated carbocycles. The summed E-state index contributed by atoms with van der Waals surface area (Å²) in [5.41, 5.74) is 2.34. The summed E-state index contributed by atoms with van der Waals surface area (Å²) in [7, 11) is 0. The number of rotatable bonds is 4. The molecule has 2 aromatic carbocycles. The second-order valence-corrected chi connectivity index (χ2v) is 5.95. The van der Waals surface area contributed by atoms with Crippen molar-refractivity contribution in [2.75, 3.05) is 5.32 Å². The molecule has 2 N–H and O–H groups in total. The first kappa shape index (κ1) is 14.8. The first-order chi connectivity index (χ1) is 10.6. The van der Waals surface area contributed by atoms with Crippen LogP contribution in [0, 0.1) is 5.82 Å². The van der Waals surface area contributed by atoms with Gasteiger partial charge in [0, 0.05) is 28.0 Å². The molecule has 1 amide bonds. The van der Waals surface area contributed by atoms with Crippen molar-refractivity contribution in [2.24, 2.45) is 0 Å². The standard InChI is InChI=1S/C17H14BrFN2O/c18-12-6-7-16(14(19)9-12)21-17(22)8-5-11-10-20-15-4-2-1-3-13(11)15/h1-4,6-7,9-10,20H,5,8H2,(H,21,22). The number of aryl methyl sites for hydroxylation is 1. The monoisotopic (exact) mass is 360 g/mol. The minimum atomic E-state index is -0.449. The molecule has 0 fully saturated rings. The van der Waals surface area contributed by atoms with Crippen molar-refractivity contribution >= 4 is 38.4 Å². The molecular formula is C17H14BrFN2O. The Kier molecular flexibility index (Phi) is 4.24.